The highest BCUT2D eigenvalue weighted by molar-refractivity contribution is 6.29. The smallest absolute Gasteiger partial charge is 0.0704 e. The quantitative estimate of drug-likeness (QED) is 0.157. The lowest BCUT2D eigenvalue weighted by molar-refractivity contribution is 0.696. The van der Waals surface area contributed by atoms with Crippen molar-refractivity contribution in [3.8, 4) is 0 Å². The highest BCUT2D eigenvalue weighted by Gasteiger charge is 2.08. The van der Waals surface area contributed by atoms with E-state index in [4.69, 9.17) is 17.3 Å². The molecule has 0 aliphatic carbocycles. The van der Waals surface area contributed by atoms with E-state index in [-0.39, 0.29) is 6.04 Å². The van der Waals surface area contributed by atoms with Gasteiger partial charge in [0.05, 0.1) is 5.52 Å². The number of pyridine rings is 1. The molecule has 0 saturated heterocycles. The van der Waals surface area contributed by atoms with E-state index in [0.29, 0.717) is 5.03 Å². The van der Waals surface area contributed by atoms with E-state index in [1.165, 1.54) is 49.9 Å². The van der Waals surface area contributed by atoms with Gasteiger partial charge in [-0.3, -0.25) is 4.98 Å². The van der Waals surface area contributed by atoms with Crippen molar-refractivity contribution >= 4 is 22.5 Å². The Bertz CT molecular complexity index is 1650. The first-order chi connectivity index (χ1) is 22.2. The molecular formula is C43H53ClN2. The Balaban J connectivity index is 0.000000207. The lowest BCUT2D eigenvalue weighted by Crippen LogP contribution is -2.18. The Labute approximate surface area is 283 Å². The number of nitrogens with zero attached hydrogens (tertiary/aromatic N) is 1. The van der Waals surface area contributed by atoms with Gasteiger partial charge in [0.25, 0.3) is 0 Å². The fourth-order valence-corrected chi connectivity index (χ4v) is 5.89. The van der Waals surface area contributed by atoms with Crippen molar-refractivity contribution < 1.29 is 0 Å². The molecule has 0 spiro atoms. The van der Waals surface area contributed by atoms with Crippen LogP contribution in [-0.4, -0.2) is 11.0 Å². The van der Waals surface area contributed by atoms with Crippen LogP contribution in [0.4, 0.5) is 0 Å². The zero-order valence-electron chi connectivity index (χ0n) is 28.7. The summed E-state index contributed by atoms with van der Waals surface area (Å²) in [6.07, 6.45) is 10.5. The molecule has 46 heavy (non-hydrogen) atoms. The molecule has 1 atom stereocenters. The minimum Gasteiger partial charge on any atom is -0.323 e. The third-order valence-electron chi connectivity index (χ3n) is 8.39. The lowest BCUT2D eigenvalue weighted by Gasteiger charge is -2.12. The van der Waals surface area contributed by atoms with Crippen molar-refractivity contribution in [2.24, 2.45) is 5.73 Å². The van der Waals surface area contributed by atoms with E-state index in [1.807, 2.05) is 12.3 Å². The van der Waals surface area contributed by atoms with Gasteiger partial charge in [-0.15, -0.1) is 0 Å². The molecule has 1 aromatic heterocycles. The number of aryl methyl sites for hydroxylation is 8. The van der Waals surface area contributed by atoms with Crippen LogP contribution in [0.1, 0.15) is 78.1 Å². The molecule has 0 amide bonds. The Kier molecular flexibility index (Phi) is 15.8. The second-order valence-electron chi connectivity index (χ2n) is 12.1. The van der Waals surface area contributed by atoms with Crippen LogP contribution in [0.5, 0.6) is 0 Å². The molecule has 0 aliphatic rings. The fraction of sp³-hybridized carbons (Fsp3) is 0.326. The van der Waals surface area contributed by atoms with Crippen LogP contribution < -0.4 is 5.73 Å². The van der Waals surface area contributed by atoms with Crippen LogP contribution in [-0.2, 0) is 38.5 Å². The third-order valence-corrected chi connectivity index (χ3v) is 8.67. The highest BCUT2D eigenvalue weighted by Crippen LogP contribution is 2.23. The topological polar surface area (TPSA) is 38.9 Å². The molecule has 3 heteroatoms. The summed E-state index contributed by atoms with van der Waals surface area (Å²) >= 11 is 5.49. The van der Waals surface area contributed by atoms with Gasteiger partial charge in [0.1, 0.15) is 0 Å². The highest BCUT2D eigenvalue weighted by atomic mass is 35.5. The molecule has 5 rings (SSSR count). The van der Waals surface area contributed by atoms with Crippen LogP contribution in [0.15, 0.2) is 115 Å². The minimum atomic E-state index is -0.0123. The molecule has 2 N–H and O–H groups in total. The Morgan fingerprint density at radius 2 is 1.30 bits per heavy atom. The molecular weight excluding hydrogens is 580 g/mol. The molecule has 2 nitrogen and oxygen atoms in total. The molecule has 1 heterocycles. The van der Waals surface area contributed by atoms with Gasteiger partial charge in [-0.2, -0.15) is 0 Å². The van der Waals surface area contributed by atoms with Crippen molar-refractivity contribution in [3.63, 3.8) is 0 Å². The van der Waals surface area contributed by atoms with Crippen molar-refractivity contribution in [2.75, 3.05) is 0 Å². The summed E-state index contributed by atoms with van der Waals surface area (Å²) < 4.78 is 0. The van der Waals surface area contributed by atoms with E-state index in [9.17, 15) is 0 Å². The number of rotatable bonds is 11. The van der Waals surface area contributed by atoms with E-state index in [0.717, 1.165) is 56.9 Å². The summed E-state index contributed by atoms with van der Waals surface area (Å²) in [5.41, 5.74) is 18.0. The second-order valence-corrected chi connectivity index (χ2v) is 12.6. The van der Waals surface area contributed by atoms with Crippen LogP contribution in [0.3, 0.4) is 0 Å². The predicted octanol–water partition coefficient (Wildman–Crippen LogP) is 11.1. The van der Waals surface area contributed by atoms with E-state index in [2.05, 4.69) is 137 Å². The molecule has 5 aromatic rings. The molecule has 4 aromatic carbocycles. The lowest BCUT2D eigenvalue weighted by atomic mass is 9.94. The normalized spacial score (nSPS) is 11.2. The van der Waals surface area contributed by atoms with E-state index in [1.54, 1.807) is 0 Å². The summed E-state index contributed by atoms with van der Waals surface area (Å²) in [5, 5.41) is 1.87. The number of hydrogen-bond donors (Lipinski definition) is 1. The van der Waals surface area contributed by atoms with Crippen LogP contribution >= 0.6 is 11.6 Å². The standard InChI is InChI=1S/C20H21N.C17H20.C6H12ClN/c1-3-17-10-12-20-19(8-5-13-21-20)18(17)11-9-16-7-4-6-15(2)14-16;1-3-16-9-4-5-10-17(16)12-11-15-8-6-7-14(2)13-15;1-3-4-6(8)5(2)7/h4-8,10,12-14H,3,9,11H2,1-2H3;4-10,13H,3,11-12H2,1-2H3;6H,2-4,8H2,1H3. The number of aromatic nitrogens is 1. The van der Waals surface area contributed by atoms with Crippen molar-refractivity contribution in [1.82, 2.24) is 4.98 Å². The van der Waals surface area contributed by atoms with Crippen molar-refractivity contribution in [1.29, 1.82) is 0 Å². The third kappa shape index (κ3) is 11.9. The van der Waals surface area contributed by atoms with Crippen molar-refractivity contribution in [3.05, 3.63) is 159 Å². The maximum atomic E-state index is 5.50. The summed E-state index contributed by atoms with van der Waals surface area (Å²) in [6.45, 7) is 14.4. The van der Waals surface area contributed by atoms with Gasteiger partial charge in [-0.25, -0.2) is 0 Å². The number of benzene rings is 4. The van der Waals surface area contributed by atoms with Gasteiger partial charge < -0.3 is 5.73 Å². The Morgan fingerprint density at radius 1 is 0.696 bits per heavy atom. The predicted molar refractivity (Wildman–Crippen MR) is 202 cm³/mol. The molecule has 0 radical (unpaired) electrons. The average Bonchev–Trinajstić information content (AvgIpc) is 3.07. The van der Waals surface area contributed by atoms with E-state index >= 15 is 0 Å². The average molecular weight is 633 g/mol. The Morgan fingerprint density at radius 3 is 1.85 bits per heavy atom. The first-order valence-corrected chi connectivity index (χ1v) is 17.3. The molecule has 242 valence electrons. The number of nitrogens with two attached hydrogens (primary N) is 1. The van der Waals surface area contributed by atoms with Gasteiger partial charge in [0, 0.05) is 22.7 Å². The summed E-state index contributed by atoms with van der Waals surface area (Å²) in [4.78, 5) is 4.49. The molecule has 0 bridgehead atoms. The zero-order chi connectivity index (χ0) is 33.3. The van der Waals surface area contributed by atoms with Crippen LogP contribution in [0.25, 0.3) is 10.9 Å². The van der Waals surface area contributed by atoms with Gasteiger partial charge in [0.2, 0.25) is 0 Å². The summed E-state index contributed by atoms with van der Waals surface area (Å²) in [7, 11) is 0. The van der Waals surface area contributed by atoms with Gasteiger partial charge in [-0.05, 0) is 104 Å². The SMILES string of the molecule is C=C(Cl)C(N)CCC.CCc1ccc2ncccc2c1CCc1cccc(C)c1.CCc1ccccc1CCc1cccc(C)c1. The first kappa shape index (κ1) is 36.7. The molecule has 0 saturated carbocycles. The second kappa shape index (κ2) is 19.7. The molecule has 0 fully saturated rings. The van der Waals surface area contributed by atoms with Gasteiger partial charge >= 0.3 is 0 Å². The first-order valence-electron chi connectivity index (χ1n) is 16.9. The minimum absolute atomic E-state index is 0.0123. The number of halogens is 1. The van der Waals surface area contributed by atoms with Crippen LogP contribution in [0, 0.1) is 13.8 Å². The summed E-state index contributed by atoms with van der Waals surface area (Å²) in [5.74, 6) is 0. The molecule has 1 unspecified atom stereocenters. The number of hydrogen-bond acceptors (Lipinski definition) is 2. The maximum Gasteiger partial charge on any atom is 0.0704 e. The monoisotopic (exact) mass is 632 g/mol. The fourth-order valence-electron chi connectivity index (χ4n) is 5.78. The van der Waals surface area contributed by atoms with Gasteiger partial charge in [0.15, 0.2) is 0 Å². The summed E-state index contributed by atoms with van der Waals surface area (Å²) in [6, 6.07) is 35.0. The largest absolute Gasteiger partial charge is 0.323 e. The van der Waals surface area contributed by atoms with Crippen LogP contribution in [0.2, 0.25) is 0 Å². The van der Waals surface area contributed by atoms with E-state index < -0.39 is 0 Å². The zero-order valence-corrected chi connectivity index (χ0v) is 29.4. The maximum absolute atomic E-state index is 5.50. The Hall–Kier alpha value is -3.72. The van der Waals surface area contributed by atoms with Crippen molar-refractivity contribution in [2.45, 2.75) is 92.0 Å². The number of fused-ring (bicyclic) bond motifs is 1. The molecule has 0 aliphatic heterocycles. The van der Waals surface area contributed by atoms with Gasteiger partial charge in [-0.1, -0.05) is 141 Å².